The lowest BCUT2D eigenvalue weighted by Crippen LogP contribution is -2.40. The average molecular weight is 297 g/mol. The van der Waals surface area contributed by atoms with Gasteiger partial charge < -0.3 is 15.7 Å². The molecule has 3 N–H and O–H groups in total. The van der Waals surface area contributed by atoms with E-state index in [-0.39, 0.29) is 17.3 Å². The summed E-state index contributed by atoms with van der Waals surface area (Å²) in [5.41, 5.74) is 0.975. The smallest absolute Gasteiger partial charge is 0.191 e. The number of nitrogens with zero attached hydrogens (tertiary/aromatic N) is 1. The van der Waals surface area contributed by atoms with Crippen LogP contribution in [0.25, 0.3) is 0 Å². The molecule has 1 aromatic carbocycles. The Morgan fingerprint density at radius 1 is 1.30 bits per heavy atom. The second-order valence-corrected chi connectivity index (χ2v) is 6.66. The zero-order valence-electron chi connectivity index (χ0n) is 11.2. The molecule has 110 valence electrons. The Kier molecular flexibility index (Phi) is 4.97. The number of benzene rings is 1. The zero-order chi connectivity index (χ0) is 14.4. The van der Waals surface area contributed by atoms with Crippen molar-refractivity contribution in [2.24, 2.45) is 4.99 Å². The lowest BCUT2D eigenvalue weighted by atomic mass is 10.2. The lowest BCUT2D eigenvalue weighted by Gasteiger charge is -2.16. The van der Waals surface area contributed by atoms with Gasteiger partial charge in [-0.15, -0.1) is 0 Å². The quantitative estimate of drug-likeness (QED) is 0.705. The monoisotopic (exact) mass is 297 g/mol. The molecule has 2 rings (SSSR count). The molecule has 1 heterocycles. The average Bonchev–Trinajstić information content (AvgIpc) is 2.47. The van der Waals surface area contributed by atoms with E-state index >= 15 is 0 Å². The van der Waals surface area contributed by atoms with Gasteiger partial charge in [0.25, 0.3) is 0 Å². The van der Waals surface area contributed by atoms with Crippen molar-refractivity contribution in [2.45, 2.75) is 17.9 Å². The molecule has 0 atom stereocenters. The van der Waals surface area contributed by atoms with Crippen molar-refractivity contribution in [3.05, 3.63) is 29.8 Å². The van der Waals surface area contributed by atoms with Crippen molar-refractivity contribution >= 4 is 15.8 Å². The predicted molar refractivity (Wildman–Crippen MR) is 77.3 cm³/mol. The standard InChI is InChI=1S/C13H19N3O3S/c17-8-9-20(18,19)12-4-2-11(3-5-12)10-16-13-14-6-1-7-15-13/h2-5,17H,1,6-10H2,(H2,14,15,16). The molecule has 7 heteroatoms. The highest BCUT2D eigenvalue weighted by molar-refractivity contribution is 7.91. The van der Waals surface area contributed by atoms with Crippen LogP contribution in [0.5, 0.6) is 0 Å². The minimum Gasteiger partial charge on any atom is -0.395 e. The van der Waals surface area contributed by atoms with Gasteiger partial charge in [-0.2, -0.15) is 0 Å². The largest absolute Gasteiger partial charge is 0.395 e. The maximum atomic E-state index is 11.7. The second kappa shape index (κ2) is 6.71. The second-order valence-electron chi connectivity index (χ2n) is 4.55. The topological polar surface area (TPSA) is 90.8 Å². The van der Waals surface area contributed by atoms with Crippen LogP contribution in [0.2, 0.25) is 0 Å². The summed E-state index contributed by atoms with van der Waals surface area (Å²) < 4.78 is 23.5. The van der Waals surface area contributed by atoms with E-state index in [9.17, 15) is 8.42 Å². The van der Waals surface area contributed by atoms with Crippen LogP contribution >= 0.6 is 0 Å². The maximum absolute atomic E-state index is 11.7. The SMILES string of the molecule is O=S(=O)(CCO)c1ccc(CNC2=NCCCN2)cc1. The van der Waals surface area contributed by atoms with Gasteiger partial charge in [0.2, 0.25) is 0 Å². The molecule has 0 fully saturated rings. The Balaban J connectivity index is 1.96. The molecule has 0 bridgehead atoms. The van der Waals surface area contributed by atoms with E-state index in [1.54, 1.807) is 24.3 Å². The number of aliphatic hydroxyl groups is 1. The van der Waals surface area contributed by atoms with Crippen LogP contribution in [0, 0.1) is 0 Å². The van der Waals surface area contributed by atoms with Gasteiger partial charge in [0.1, 0.15) is 0 Å². The highest BCUT2D eigenvalue weighted by Gasteiger charge is 2.13. The summed E-state index contributed by atoms with van der Waals surface area (Å²) in [4.78, 5) is 4.54. The molecular weight excluding hydrogens is 278 g/mol. The van der Waals surface area contributed by atoms with Gasteiger partial charge in [-0.1, -0.05) is 12.1 Å². The first-order valence-electron chi connectivity index (χ1n) is 6.56. The fraction of sp³-hybridized carbons (Fsp3) is 0.462. The number of aliphatic hydroxyl groups excluding tert-OH is 1. The summed E-state index contributed by atoms with van der Waals surface area (Å²) in [5, 5.41) is 15.1. The van der Waals surface area contributed by atoms with Crippen LogP contribution in [0.15, 0.2) is 34.2 Å². The normalized spacial score (nSPS) is 15.3. The van der Waals surface area contributed by atoms with Crippen molar-refractivity contribution in [1.82, 2.24) is 10.6 Å². The Hall–Kier alpha value is -1.60. The third kappa shape index (κ3) is 3.94. The minimum atomic E-state index is -3.37. The van der Waals surface area contributed by atoms with Crippen molar-refractivity contribution in [2.75, 3.05) is 25.4 Å². The fourth-order valence-corrected chi connectivity index (χ4v) is 2.92. The summed E-state index contributed by atoms with van der Waals surface area (Å²) >= 11 is 0. The number of aliphatic imine (C=N–C) groups is 1. The molecule has 0 unspecified atom stereocenters. The molecule has 0 saturated heterocycles. The van der Waals surface area contributed by atoms with Crippen molar-refractivity contribution in [1.29, 1.82) is 0 Å². The van der Waals surface area contributed by atoms with Crippen LogP contribution in [0.4, 0.5) is 0 Å². The van der Waals surface area contributed by atoms with E-state index in [0.717, 1.165) is 31.0 Å². The molecule has 1 aliphatic heterocycles. The molecule has 1 aromatic rings. The molecule has 0 aliphatic carbocycles. The number of guanidine groups is 1. The number of sulfone groups is 1. The number of hydrogen-bond donors (Lipinski definition) is 3. The first-order chi connectivity index (χ1) is 9.62. The van der Waals surface area contributed by atoms with Crippen LogP contribution in [-0.4, -0.2) is 44.9 Å². The van der Waals surface area contributed by atoms with Crippen molar-refractivity contribution < 1.29 is 13.5 Å². The summed E-state index contributed by atoms with van der Waals surface area (Å²) in [6, 6.07) is 6.66. The van der Waals surface area contributed by atoms with Gasteiger partial charge in [-0.25, -0.2) is 8.42 Å². The van der Waals surface area contributed by atoms with Gasteiger partial charge >= 0.3 is 0 Å². The maximum Gasteiger partial charge on any atom is 0.191 e. The van der Waals surface area contributed by atoms with E-state index < -0.39 is 9.84 Å². The molecule has 0 radical (unpaired) electrons. The van der Waals surface area contributed by atoms with Gasteiger partial charge in [-0.3, -0.25) is 4.99 Å². The third-order valence-electron chi connectivity index (χ3n) is 3.00. The zero-order valence-corrected chi connectivity index (χ0v) is 12.0. The number of hydrogen-bond acceptors (Lipinski definition) is 6. The lowest BCUT2D eigenvalue weighted by molar-refractivity contribution is 0.319. The molecule has 0 aromatic heterocycles. The minimum absolute atomic E-state index is 0.239. The van der Waals surface area contributed by atoms with Gasteiger partial charge in [-0.05, 0) is 24.1 Å². The Labute approximate surface area is 118 Å². The molecular formula is C13H19N3O3S. The van der Waals surface area contributed by atoms with E-state index in [1.807, 2.05) is 0 Å². The fourth-order valence-electron chi connectivity index (χ4n) is 1.89. The van der Waals surface area contributed by atoms with Crippen molar-refractivity contribution in [3.63, 3.8) is 0 Å². The van der Waals surface area contributed by atoms with Crippen LogP contribution < -0.4 is 10.6 Å². The number of rotatable bonds is 5. The predicted octanol–water partition coefficient (Wildman–Crippen LogP) is -0.108. The Morgan fingerprint density at radius 2 is 2.05 bits per heavy atom. The molecule has 20 heavy (non-hydrogen) atoms. The van der Waals surface area contributed by atoms with Crippen molar-refractivity contribution in [3.8, 4) is 0 Å². The molecule has 0 amide bonds. The van der Waals surface area contributed by atoms with E-state index in [2.05, 4.69) is 15.6 Å². The van der Waals surface area contributed by atoms with Crippen LogP contribution in [-0.2, 0) is 16.4 Å². The van der Waals surface area contributed by atoms with E-state index in [0.29, 0.717) is 6.54 Å². The first-order valence-corrected chi connectivity index (χ1v) is 8.22. The third-order valence-corrected chi connectivity index (χ3v) is 4.71. The van der Waals surface area contributed by atoms with Gasteiger partial charge in [0.05, 0.1) is 17.3 Å². The van der Waals surface area contributed by atoms with Crippen LogP contribution in [0.3, 0.4) is 0 Å². The Morgan fingerprint density at radius 3 is 2.65 bits per heavy atom. The molecule has 1 aliphatic rings. The number of nitrogens with one attached hydrogen (secondary N) is 2. The molecule has 6 nitrogen and oxygen atoms in total. The first kappa shape index (κ1) is 14.8. The van der Waals surface area contributed by atoms with Crippen LogP contribution in [0.1, 0.15) is 12.0 Å². The highest BCUT2D eigenvalue weighted by Crippen LogP contribution is 2.12. The highest BCUT2D eigenvalue weighted by atomic mass is 32.2. The summed E-state index contributed by atoms with van der Waals surface area (Å²) in [6.45, 7) is 1.97. The summed E-state index contributed by atoms with van der Waals surface area (Å²) in [6.07, 6.45) is 1.04. The molecule has 0 saturated carbocycles. The van der Waals surface area contributed by atoms with Gasteiger partial charge in [0, 0.05) is 19.6 Å². The summed E-state index contributed by atoms with van der Waals surface area (Å²) in [5.74, 6) is 0.541. The Bertz CT molecular complexity index is 567. The van der Waals surface area contributed by atoms with E-state index in [1.165, 1.54) is 0 Å². The van der Waals surface area contributed by atoms with E-state index in [4.69, 9.17) is 5.11 Å². The molecule has 0 spiro atoms. The summed E-state index contributed by atoms with van der Waals surface area (Å²) in [7, 11) is -3.37. The van der Waals surface area contributed by atoms with Gasteiger partial charge in [0.15, 0.2) is 15.8 Å².